The van der Waals surface area contributed by atoms with E-state index < -0.39 is 0 Å². The van der Waals surface area contributed by atoms with E-state index in [1.807, 2.05) is 11.8 Å². The highest BCUT2D eigenvalue weighted by Crippen LogP contribution is 2.33. The van der Waals surface area contributed by atoms with Gasteiger partial charge in [0, 0.05) is 18.0 Å². The van der Waals surface area contributed by atoms with Crippen molar-refractivity contribution in [2.45, 2.75) is 34.1 Å². The molecule has 1 aliphatic rings. The Bertz CT molecular complexity index is 718. The monoisotopic (exact) mass is 333 g/mol. The van der Waals surface area contributed by atoms with Crippen LogP contribution in [0.15, 0.2) is 6.33 Å². The number of piperidine rings is 1. The molecule has 124 valence electrons. The van der Waals surface area contributed by atoms with Gasteiger partial charge in [0.1, 0.15) is 11.2 Å². The number of aryl methyl sites for hydroxylation is 2. The van der Waals surface area contributed by atoms with Crippen molar-refractivity contribution < 1.29 is 9.53 Å². The van der Waals surface area contributed by atoms with Crippen molar-refractivity contribution >= 4 is 27.5 Å². The lowest BCUT2D eigenvalue weighted by Crippen LogP contribution is -2.44. The summed E-state index contributed by atoms with van der Waals surface area (Å²) < 4.78 is 5.76. The van der Waals surface area contributed by atoms with E-state index in [0.29, 0.717) is 17.7 Å². The van der Waals surface area contributed by atoms with E-state index in [2.05, 4.69) is 30.7 Å². The number of rotatable bonds is 3. The number of likely N-dealkylation sites (tertiary alicyclic amines) is 1. The van der Waals surface area contributed by atoms with Crippen molar-refractivity contribution in [1.82, 2.24) is 14.9 Å². The molecule has 0 N–H and O–H groups in total. The Balaban J connectivity index is 1.72. The summed E-state index contributed by atoms with van der Waals surface area (Å²) in [5.41, 5.74) is 1.13. The Morgan fingerprint density at radius 3 is 2.70 bits per heavy atom. The molecule has 6 heteroatoms. The molecule has 2 atom stereocenters. The van der Waals surface area contributed by atoms with Crippen molar-refractivity contribution in [3.8, 4) is 5.88 Å². The number of ether oxygens (including phenoxy) is 1. The number of thiophene rings is 1. The first kappa shape index (κ1) is 16.2. The number of amides is 1. The average molecular weight is 333 g/mol. The smallest absolute Gasteiger partial charge is 0.260 e. The molecule has 5 nitrogen and oxygen atoms in total. The molecule has 1 saturated heterocycles. The van der Waals surface area contributed by atoms with Crippen LogP contribution >= 0.6 is 11.3 Å². The molecule has 0 aliphatic carbocycles. The highest BCUT2D eigenvalue weighted by Gasteiger charge is 2.26. The van der Waals surface area contributed by atoms with E-state index in [1.54, 1.807) is 11.3 Å². The van der Waals surface area contributed by atoms with Crippen molar-refractivity contribution in [2.24, 2.45) is 11.8 Å². The first-order valence-electron chi connectivity index (χ1n) is 8.07. The molecule has 3 rings (SSSR count). The molecule has 0 spiro atoms. The summed E-state index contributed by atoms with van der Waals surface area (Å²) in [6, 6.07) is 0. The SMILES string of the molecule is Cc1sc2ncnc(OCC(=O)N3C[C@H](C)C[C@@H](C)C3)c2c1C. The van der Waals surface area contributed by atoms with Crippen LogP contribution in [-0.2, 0) is 4.79 Å². The van der Waals surface area contributed by atoms with Crippen LogP contribution in [0.3, 0.4) is 0 Å². The minimum atomic E-state index is 0.0415. The number of fused-ring (bicyclic) bond motifs is 1. The van der Waals surface area contributed by atoms with Gasteiger partial charge >= 0.3 is 0 Å². The van der Waals surface area contributed by atoms with Gasteiger partial charge in [-0.1, -0.05) is 13.8 Å². The summed E-state index contributed by atoms with van der Waals surface area (Å²) in [4.78, 5) is 25.0. The Morgan fingerprint density at radius 1 is 1.30 bits per heavy atom. The quantitative estimate of drug-likeness (QED) is 0.865. The maximum Gasteiger partial charge on any atom is 0.260 e. The van der Waals surface area contributed by atoms with Crippen molar-refractivity contribution in [1.29, 1.82) is 0 Å². The van der Waals surface area contributed by atoms with E-state index in [0.717, 1.165) is 28.9 Å². The van der Waals surface area contributed by atoms with Crippen LogP contribution < -0.4 is 4.74 Å². The molecular formula is C17H23N3O2S. The van der Waals surface area contributed by atoms with Gasteiger partial charge in [-0.05, 0) is 37.7 Å². The second-order valence-electron chi connectivity index (χ2n) is 6.68. The number of carbonyl (C=O) groups excluding carboxylic acids is 1. The molecule has 1 fully saturated rings. The highest BCUT2D eigenvalue weighted by molar-refractivity contribution is 7.18. The van der Waals surface area contributed by atoms with Gasteiger partial charge in [-0.3, -0.25) is 4.79 Å². The third-order valence-corrected chi connectivity index (χ3v) is 5.60. The van der Waals surface area contributed by atoms with Gasteiger partial charge in [0.25, 0.3) is 5.91 Å². The van der Waals surface area contributed by atoms with Crippen molar-refractivity contribution in [3.05, 3.63) is 16.8 Å². The maximum atomic E-state index is 12.4. The molecule has 0 saturated carbocycles. The van der Waals surface area contributed by atoms with Gasteiger partial charge in [0.15, 0.2) is 6.61 Å². The Morgan fingerprint density at radius 2 is 2.00 bits per heavy atom. The maximum absolute atomic E-state index is 12.4. The summed E-state index contributed by atoms with van der Waals surface area (Å²) in [7, 11) is 0. The summed E-state index contributed by atoms with van der Waals surface area (Å²) in [6.07, 6.45) is 2.69. The minimum absolute atomic E-state index is 0.0415. The third-order valence-electron chi connectivity index (χ3n) is 4.48. The predicted molar refractivity (Wildman–Crippen MR) is 91.9 cm³/mol. The van der Waals surface area contributed by atoms with Gasteiger partial charge in [0.2, 0.25) is 5.88 Å². The van der Waals surface area contributed by atoms with Crippen LogP contribution in [-0.4, -0.2) is 40.5 Å². The van der Waals surface area contributed by atoms with Gasteiger partial charge in [0.05, 0.1) is 5.39 Å². The fourth-order valence-electron chi connectivity index (χ4n) is 3.35. The van der Waals surface area contributed by atoms with E-state index >= 15 is 0 Å². The van der Waals surface area contributed by atoms with Crippen LogP contribution in [0.1, 0.15) is 30.7 Å². The van der Waals surface area contributed by atoms with Gasteiger partial charge in [-0.2, -0.15) is 0 Å². The summed E-state index contributed by atoms with van der Waals surface area (Å²) >= 11 is 1.63. The molecular weight excluding hydrogens is 310 g/mol. The van der Waals surface area contributed by atoms with Gasteiger partial charge in [-0.15, -0.1) is 11.3 Å². The van der Waals surface area contributed by atoms with Crippen LogP contribution in [0.25, 0.3) is 10.2 Å². The normalized spacial score (nSPS) is 21.7. The highest BCUT2D eigenvalue weighted by atomic mass is 32.1. The molecule has 0 unspecified atom stereocenters. The van der Waals surface area contributed by atoms with Crippen LogP contribution in [0, 0.1) is 25.7 Å². The summed E-state index contributed by atoms with van der Waals surface area (Å²) in [5, 5.41) is 0.934. The summed E-state index contributed by atoms with van der Waals surface area (Å²) in [6.45, 7) is 10.2. The minimum Gasteiger partial charge on any atom is -0.467 e. The van der Waals surface area contributed by atoms with Crippen LogP contribution in [0.4, 0.5) is 0 Å². The largest absolute Gasteiger partial charge is 0.467 e. The Labute approximate surface area is 140 Å². The van der Waals surface area contributed by atoms with E-state index in [4.69, 9.17) is 4.74 Å². The molecule has 0 bridgehead atoms. The zero-order valence-electron chi connectivity index (χ0n) is 14.1. The first-order chi connectivity index (χ1) is 11.0. The predicted octanol–water partition coefficient (Wildman–Crippen LogP) is 3.19. The Hall–Kier alpha value is -1.69. The Kier molecular flexibility index (Phi) is 4.53. The number of hydrogen-bond acceptors (Lipinski definition) is 5. The van der Waals surface area contributed by atoms with Crippen molar-refractivity contribution in [3.63, 3.8) is 0 Å². The molecule has 1 aliphatic heterocycles. The molecule has 2 aromatic rings. The van der Waals surface area contributed by atoms with Crippen molar-refractivity contribution in [2.75, 3.05) is 19.7 Å². The molecule has 0 radical (unpaired) electrons. The fourth-order valence-corrected chi connectivity index (χ4v) is 4.33. The number of aromatic nitrogens is 2. The lowest BCUT2D eigenvalue weighted by Gasteiger charge is -2.34. The van der Waals surface area contributed by atoms with Crippen LogP contribution in [0.5, 0.6) is 5.88 Å². The second-order valence-corrected chi connectivity index (χ2v) is 7.88. The van der Waals surface area contributed by atoms with E-state index in [-0.39, 0.29) is 12.5 Å². The fraction of sp³-hybridized carbons (Fsp3) is 0.588. The lowest BCUT2D eigenvalue weighted by molar-refractivity contribution is -0.136. The number of carbonyl (C=O) groups is 1. The zero-order chi connectivity index (χ0) is 16.6. The zero-order valence-corrected chi connectivity index (χ0v) is 14.9. The third kappa shape index (κ3) is 3.32. The van der Waals surface area contributed by atoms with Crippen LogP contribution in [0.2, 0.25) is 0 Å². The molecule has 2 aromatic heterocycles. The standard InChI is InChI=1S/C17H23N3O2S/c1-10-5-11(2)7-20(6-10)14(21)8-22-16-15-12(3)13(4)23-17(15)19-9-18-16/h9-11H,5-8H2,1-4H3/t10-,11-/m1/s1. The molecule has 3 heterocycles. The number of hydrogen-bond donors (Lipinski definition) is 0. The van der Waals surface area contributed by atoms with Gasteiger partial charge in [-0.25, -0.2) is 9.97 Å². The van der Waals surface area contributed by atoms with E-state index in [9.17, 15) is 4.79 Å². The lowest BCUT2D eigenvalue weighted by atomic mass is 9.92. The molecule has 23 heavy (non-hydrogen) atoms. The summed E-state index contributed by atoms with van der Waals surface area (Å²) in [5.74, 6) is 1.66. The first-order valence-corrected chi connectivity index (χ1v) is 8.88. The van der Waals surface area contributed by atoms with Gasteiger partial charge < -0.3 is 9.64 Å². The second kappa shape index (κ2) is 6.43. The number of nitrogens with zero attached hydrogens (tertiary/aromatic N) is 3. The average Bonchev–Trinajstić information content (AvgIpc) is 2.79. The topological polar surface area (TPSA) is 55.3 Å². The van der Waals surface area contributed by atoms with E-state index in [1.165, 1.54) is 17.6 Å². The molecule has 1 amide bonds. The molecule has 0 aromatic carbocycles.